The quantitative estimate of drug-likeness (QED) is 0.655. The maximum absolute atomic E-state index is 11.3. The summed E-state index contributed by atoms with van der Waals surface area (Å²) >= 11 is 0. The molecule has 0 fully saturated rings. The van der Waals surface area contributed by atoms with E-state index in [4.69, 9.17) is 4.74 Å². The molecule has 1 aliphatic heterocycles. The molecule has 4 nitrogen and oxygen atoms in total. The Kier molecular flexibility index (Phi) is 2.59. The van der Waals surface area contributed by atoms with Crippen molar-refractivity contribution < 1.29 is 9.53 Å². The number of ether oxygens (including phenoxy) is 1. The lowest BCUT2D eigenvalue weighted by Gasteiger charge is -2.32. The molecule has 0 N–H and O–H groups in total. The molecule has 74 valence electrons. The van der Waals surface area contributed by atoms with Crippen LogP contribution in [0.25, 0.3) is 0 Å². The lowest BCUT2D eigenvalue weighted by molar-refractivity contribution is -0.148. The second-order valence-corrected chi connectivity index (χ2v) is 3.21. The van der Waals surface area contributed by atoms with E-state index in [0.29, 0.717) is 5.90 Å². The van der Waals surface area contributed by atoms with Gasteiger partial charge < -0.3 is 4.74 Å². The molecule has 0 aromatic rings. The Morgan fingerprint density at radius 3 is 2.38 bits per heavy atom. The Balaban J connectivity index is 2.94. The first-order chi connectivity index (χ1) is 6.05. The van der Waals surface area contributed by atoms with Crippen LogP contribution in [0.3, 0.4) is 0 Å². The molecule has 0 saturated carbocycles. The van der Waals surface area contributed by atoms with Gasteiger partial charge >= 0.3 is 0 Å². The topological polar surface area (TPSA) is 41.9 Å². The van der Waals surface area contributed by atoms with Gasteiger partial charge in [-0.05, 0) is 0 Å². The van der Waals surface area contributed by atoms with Gasteiger partial charge in [-0.2, -0.15) is 5.01 Å². The monoisotopic (exact) mass is 184 g/mol. The van der Waals surface area contributed by atoms with Crippen molar-refractivity contribution in [3.05, 3.63) is 0 Å². The van der Waals surface area contributed by atoms with Crippen LogP contribution in [0.2, 0.25) is 0 Å². The van der Waals surface area contributed by atoms with Gasteiger partial charge in [-0.15, -0.1) is 5.10 Å². The minimum Gasteiger partial charge on any atom is -0.452 e. The summed E-state index contributed by atoms with van der Waals surface area (Å²) in [5.41, 5.74) is -0.532. The average Bonchev–Trinajstić information content (AvgIpc) is 2.43. The lowest BCUT2D eigenvalue weighted by Crippen LogP contribution is -2.45. The van der Waals surface area contributed by atoms with Gasteiger partial charge in [0.05, 0.1) is 0 Å². The normalized spacial score (nSPS) is 19.7. The molecule has 1 rings (SSSR count). The largest absolute Gasteiger partial charge is 0.452 e. The summed E-state index contributed by atoms with van der Waals surface area (Å²) in [4.78, 5) is 11.3. The minimum absolute atomic E-state index is 0.0689. The second kappa shape index (κ2) is 3.36. The fraction of sp³-hybridized carbons (Fsp3) is 0.778. The smallest absolute Gasteiger partial charge is 0.243 e. The Labute approximate surface area is 78.6 Å². The summed E-state index contributed by atoms with van der Waals surface area (Å²) in [7, 11) is 0. The third-order valence-electron chi connectivity index (χ3n) is 2.37. The van der Waals surface area contributed by atoms with Gasteiger partial charge in [-0.1, -0.05) is 13.8 Å². The van der Waals surface area contributed by atoms with Crippen LogP contribution in [0.1, 0.15) is 40.5 Å². The summed E-state index contributed by atoms with van der Waals surface area (Å²) in [5.74, 6) is 0.499. The zero-order valence-electron chi connectivity index (χ0n) is 8.63. The van der Waals surface area contributed by atoms with Crippen molar-refractivity contribution in [3.8, 4) is 0 Å². The number of amides is 1. The second-order valence-electron chi connectivity index (χ2n) is 3.21. The molecule has 4 heteroatoms. The first-order valence-electron chi connectivity index (χ1n) is 4.60. The number of hydrogen-bond donors (Lipinski definition) is 0. The molecule has 0 radical (unpaired) electrons. The molecule has 0 aromatic heterocycles. The molecular formula is C9H16N2O2. The number of nitrogens with zero attached hydrogens (tertiary/aromatic N) is 2. The third kappa shape index (κ3) is 1.53. The van der Waals surface area contributed by atoms with Gasteiger partial charge in [0.2, 0.25) is 17.5 Å². The van der Waals surface area contributed by atoms with Gasteiger partial charge in [0.1, 0.15) is 0 Å². The van der Waals surface area contributed by atoms with E-state index in [0.717, 1.165) is 12.8 Å². The molecular weight excluding hydrogens is 168 g/mol. The summed E-state index contributed by atoms with van der Waals surface area (Å²) in [6.45, 7) is 7.26. The van der Waals surface area contributed by atoms with Crippen LogP contribution < -0.4 is 0 Å². The first-order valence-corrected chi connectivity index (χ1v) is 4.60. The molecule has 0 saturated heterocycles. The van der Waals surface area contributed by atoms with E-state index in [1.54, 1.807) is 6.92 Å². The van der Waals surface area contributed by atoms with Crippen LogP contribution in [0.4, 0.5) is 0 Å². The molecule has 1 heterocycles. The average molecular weight is 184 g/mol. The van der Waals surface area contributed by atoms with Gasteiger partial charge in [-0.3, -0.25) is 4.79 Å². The van der Waals surface area contributed by atoms with Crippen LogP contribution in [-0.2, 0) is 9.53 Å². The number of rotatable bonds is 2. The van der Waals surface area contributed by atoms with E-state index in [-0.39, 0.29) is 5.91 Å². The van der Waals surface area contributed by atoms with Gasteiger partial charge in [-0.25, -0.2) is 0 Å². The Morgan fingerprint density at radius 1 is 1.54 bits per heavy atom. The summed E-state index contributed by atoms with van der Waals surface area (Å²) in [6.07, 6.45) is 1.51. The van der Waals surface area contributed by atoms with E-state index in [1.165, 1.54) is 11.9 Å². The first kappa shape index (κ1) is 10.0. The van der Waals surface area contributed by atoms with Crippen LogP contribution in [0.5, 0.6) is 0 Å². The molecule has 0 bridgehead atoms. The van der Waals surface area contributed by atoms with Gasteiger partial charge in [0.15, 0.2) is 0 Å². The SMILES string of the molecule is CCC1(CC)OC(C)=NN1C(C)=O. The van der Waals surface area contributed by atoms with Gasteiger partial charge in [0.25, 0.3) is 0 Å². The van der Waals surface area contributed by atoms with Crippen LogP contribution in [0.15, 0.2) is 5.10 Å². The van der Waals surface area contributed by atoms with Crippen LogP contribution >= 0.6 is 0 Å². The fourth-order valence-electron chi connectivity index (χ4n) is 1.62. The van der Waals surface area contributed by atoms with Crippen molar-refractivity contribution >= 4 is 11.8 Å². The number of hydrogen-bond acceptors (Lipinski definition) is 3. The number of carbonyl (C=O) groups is 1. The van der Waals surface area contributed by atoms with Crippen molar-refractivity contribution in [2.24, 2.45) is 5.10 Å². The zero-order chi connectivity index (χ0) is 10.1. The zero-order valence-corrected chi connectivity index (χ0v) is 8.63. The molecule has 1 aliphatic rings. The highest BCUT2D eigenvalue weighted by Crippen LogP contribution is 2.31. The third-order valence-corrected chi connectivity index (χ3v) is 2.37. The van der Waals surface area contributed by atoms with Crippen molar-refractivity contribution in [1.29, 1.82) is 0 Å². The Hall–Kier alpha value is -1.06. The predicted molar refractivity (Wildman–Crippen MR) is 50.0 cm³/mol. The number of hydrazone groups is 1. The molecule has 0 spiro atoms. The van der Waals surface area contributed by atoms with Crippen molar-refractivity contribution in [3.63, 3.8) is 0 Å². The van der Waals surface area contributed by atoms with E-state index in [9.17, 15) is 4.79 Å². The number of carbonyl (C=O) groups excluding carboxylic acids is 1. The minimum atomic E-state index is -0.532. The van der Waals surface area contributed by atoms with E-state index in [2.05, 4.69) is 5.10 Å². The molecule has 13 heavy (non-hydrogen) atoms. The molecule has 0 aliphatic carbocycles. The highest BCUT2D eigenvalue weighted by Gasteiger charge is 2.42. The lowest BCUT2D eigenvalue weighted by atomic mass is 10.1. The molecule has 0 atom stereocenters. The maximum atomic E-state index is 11.3. The Bertz CT molecular complexity index is 244. The van der Waals surface area contributed by atoms with E-state index < -0.39 is 5.72 Å². The summed E-state index contributed by atoms with van der Waals surface area (Å²) < 4.78 is 5.58. The molecule has 0 unspecified atom stereocenters. The van der Waals surface area contributed by atoms with Gasteiger partial charge in [0, 0.05) is 26.7 Å². The van der Waals surface area contributed by atoms with Crippen molar-refractivity contribution in [2.75, 3.05) is 0 Å². The van der Waals surface area contributed by atoms with Crippen LogP contribution in [-0.4, -0.2) is 22.5 Å². The summed E-state index contributed by atoms with van der Waals surface area (Å²) in [6, 6.07) is 0. The molecule has 0 aromatic carbocycles. The fourth-order valence-corrected chi connectivity index (χ4v) is 1.62. The highest BCUT2D eigenvalue weighted by molar-refractivity contribution is 5.81. The van der Waals surface area contributed by atoms with E-state index >= 15 is 0 Å². The molecule has 1 amide bonds. The van der Waals surface area contributed by atoms with E-state index in [1.807, 2.05) is 13.8 Å². The van der Waals surface area contributed by atoms with Crippen molar-refractivity contribution in [2.45, 2.75) is 46.3 Å². The predicted octanol–water partition coefficient (Wildman–Crippen LogP) is 1.71. The summed E-state index contributed by atoms with van der Waals surface area (Å²) in [5, 5.41) is 5.51. The van der Waals surface area contributed by atoms with Crippen molar-refractivity contribution in [1.82, 2.24) is 5.01 Å². The van der Waals surface area contributed by atoms with Crippen LogP contribution in [0, 0.1) is 0 Å². The standard InChI is InChI=1S/C9H16N2O2/c1-5-9(6-2)11(8(4)12)10-7(3)13-9/h5-6H2,1-4H3. The highest BCUT2D eigenvalue weighted by atomic mass is 16.6. The maximum Gasteiger partial charge on any atom is 0.243 e. The Morgan fingerprint density at radius 2 is 2.08 bits per heavy atom.